The summed E-state index contributed by atoms with van der Waals surface area (Å²) in [5.41, 5.74) is 1.69. The van der Waals surface area contributed by atoms with Crippen molar-refractivity contribution in [3.05, 3.63) is 63.5 Å². The SMILES string of the molecule is Cc1cc(C[C@@H]2COC[C@@H]2NC(=O)c2cnc3cccc(C)n3c2=O)on1. The zero-order valence-electron chi connectivity index (χ0n) is 15.1. The maximum absolute atomic E-state index is 12.7. The van der Waals surface area contributed by atoms with E-state index in [4.69, 9.17) is 9.26 Å². The Morgan fingerprint density at radius 1 is 1.33 bits per heavy atom. The van der Waals surface area contributed by atoms with Gasteiger partial charge in [-0.3, -0.25) is 14.0 Å². The Bertz CT molecular complexity index is 1060. The van der Waals surface area contributed by atoms with E-state index in [0.29, 0.717) is 25.3 Å². The average Bonchev–Trinajstić information content (AvgIpc) is 3.24. The minimum Gasteiger partial charge on any atom is -0.379 e. The molecule has 1 fully saturated rings. The second-order valence-electron chi connectivity index (χ2n) is 6.85. The molecule has 0 spiro atoms. The van der Waals surface area contributed by atoms with E-state index in [2.05, 4.69) is 15.5 Å². The highest BCUT2D eigenvalue weighted by Crippen LogP contribution is 2.20. The summed E-state index contributed by atoms with van der Waals surface area (Å²) in [5, 5.41) is 6.80. The molecule has 0 bridgehead atoms. The summed E-state index contributed by atoms with van der Waals surface area (Å²) >= 11 is 0. The van der Waals surface area contributed by atoms with Gasteiger partial charge in [0.2, 0.25) is 0 Å². The van der Waals surface area contributed by atoms with Crippen LogP contribution < -0.4 is 10.9 Å². The predicted molar refractivity (Wildman–Crippen MR) is 96.7 cm³/mol. The lowest BCUT2D eigenvalue weighted by molar-refractivity contribution is 0.0922. The third-order valence-corrected chi connectivity index (χ3v) is 4.82. The molecule has 0 unspecified atom stereocenters. The third kappa shape index (κ3) is 3.35. The van der Waals surface area contributed by atoms with Crippen molar-refractivity contribution in [2.24, 2.45) is 5.92 Å². The Labute approximate surface area is 155 Å². The number of ether oxygens (including phenoxy) is 1. The van der Waals surface area contributed by atoms with Gasteiger partial charge >= 0.3 is 0 Å². The van der Waals surface area contributed by atoms with Gasteiger partial charge in [0.1, 0.15) is 17.0 Å². The summed E-state index contributed by atoms with van der Waals surface area (Å²) < 4.78 is 12.2. The number of aryl methyl sites for hydroxylation is 2. The van der Waals surface area contributed by atoms with Crippen LogP contribution in [-0.4, -0.2) is 39.7 Å². The van der Waals surface area contributed by atoms with Gasteiger partial charge in [-0.2, -0.15) is 0 Å². The lowest BCUT2D eigenvalue weighted by atomic mass is 9.98. The fourth-order valence-corrected chi connectivity index (χ4v) is 3.41. The van der Waals surface area contributed by atoms with Gasteiger partial charge in [0.15, 0.2) is 0 Å². The number of nitrogens with zero attached hydrogens (tertiary/aromatic N) is 3. The Morgan fingerprint density at radius 2 is 2.19 bits per heavy atom. The van der Waals surface area contributed by atoms with Gasteiger partial charge in [-0.15, -0.1) is 0 Å². The number of pyridine rings is 1. The van der Waals surface area contributed by atoms with Crippen LogP contribution in [0.5, 0.6) is 0 Å². The number of rotatable bonds is 4. The highest BCUT2D eigenvalue weighted by molar-refractivity contribution is 5.94. The van der Waals surface area contributed by atoms with E-state index in [0.717, 1.165) is 17.1 Å². The number of fused-ring (bicyclic) bond motifs is 1. The molecule has 0 aromatic carbocycles. The predicted octanol–water partition coefficient (Wildman–Crippen LogP) is 1.29. The number of nitrogens with one attached hydrogen (secondary N) is 1. The highest BCUT2D eigenvalue weighted by Gasteiger charge is 2.31. The van der Waals surface area contributed by atoms with Gasteiger partial charge in [0.25, 0.3) is 11.5 Å². The quantitative estimate of drug-likeness (QED) is 0.745. The van der Waals surface area contributed by atoms with Crippen molar-refractivity contribution in [1.82, 2.24) is 19.9 Å². The monoisotopic (exact) mass is 368 g/mol. The lowest BCUT2D eigenvalue weighted by Crippen LogP contribution is -2.43. The Hall–Kier alpha value is -3.00. The van der Waals surface area contributed by atoms with Gasteiger partial charge in [-0.25, -0.2) is 4.98 Å². The normalized spacial score (nSPS) is 19.5. The Balaban J connectivity index is 1.55. The largest absolute Gasteiger partial charge is 0.379 e. The van der Waals surface area contributed by atoms with Crippen LogP contribution in [0.1, 0.15) is 27.5 Å². The number of hydrogen-bond acceptors (Lipinski definition) is 6. The van der Waals surface area contributed by atoms with Crippen molar-refractivity contribution < 1.29 is 14.1 Å². The molecule has 3 aromatic heterocycles. The molecule has 140 valence electrons. The molecular formula is C19H20N4O4. The van der Waals surface area contributed by atoms with Crippen LogP contribution in [0, 0.1) is 19.8 Å². The van der Waals surface area contributed by atoms with Crippen LogP contribution in [0.25, 0.3) is 5.65 Å². The van der Waals surface area contributed by atoms with Gasteiger partial charge in [0, 0.05) is 30.3 Å². The van der Waals surface area contributed by atoms with Crippen molar-refractivity contribution in [3.8, 4) is 0 Å². The molecule has 0 radical (unpaired) electrons. The van der Waals surface area contributed by atoms with Crippen LogP contribution in [-0.2, 0) is 11.2 Å². The summed E-state index contributed by atoms with van der Waals surface area (Å²) in [7, 11) is 0. The standard InChI is InChI=1S/C19H20N4O4/c1-11-6-14(27-22-11)7-13-9-26-10-16(13)21-18(24)15-8-20-17-5-3-4-12(2)23(17)19(15)25/h3-6,8,13,16H,7,9-10H2,1-2H3,(H,21,24)/t13-,16+/m1/s1. The molecule has 3 aromatic rings. The van der Waals surface area contributed by atoms with Crippen molar-refractivity contribution in [2.75, 3.05) is 13.2 Å². The molecule has 0 saturated carbocycles. The van der Waals surface area contributed by atoms with Gasteiger partial charge in [-0.05, 0) is 26.0 Å². The van der Waals surface area contributed by atoms with E-state index in [1.54, 1.807) is 19.1 Å². The molecule has 0 aliphatic carbocycles. The first-order chi connectivity index (χ1) is 13.0. The molecule has 1 aliphatic heterocycles. The van der Waals surface area contributed by atoms with Crippen LogP contribution in [0.15, 0.2) is 39.8 Å². The van der Waals surface area contributed by atoms with E-state index in [9.17, 15) is 9.59 Å². The third-order valence-electron chi connectivity index (χ3n) is 4.82. The molecular weight excluding hydrogens is 348 g/mol. The number of amides is 1. The molecule has 1 N–H and O–H groups in total. The number of carbonyl (C=O) groups is 1. The van der Waals surface area contributed by atoms with Crippen LogP contribution in [0.3, 0.4) is 0 Å². The lowest BCUT2D eigenvalue weighted by Gasteiger charge is -2.18. The van der Waals surface area contributed by atoms with Crippen molar-refractivity contribution in [1.29, 1.82) is 0 Å². The summed E-state index contributed by atoms with van der Waals surface area (Å²) in [6.07, 6.45) is 1.94. The van der Waals surface area contributed by atoms with E-state index in [1.807, 2.05) is 19.1 Å². The minimum atomic E-state index is -0.445. The smallest absolute Gasteiger partial charge is 0.270 e. The zero-order valence-corrected chi connectivity index (χ0v) is 15.1. The van der Waals surface area contributed by atoms with E-state index < -0.39 is 5.91 Å². The Morgan fingerprint density at radius 3 is 2.96 bits per heavy atom. The fraction of sp³-hybridized carbons (Fsp3) is 0.368. The summed E-state index contributed by atoms with van der Waals surface area (Å²) in [4.78, 5) is 29.7. The molecule has 4 heterocycles. The molecule has 27 heavy (non-hydrogen) atoms. The van der Waals surface area contributed by atoms with Crippen LogP contribution >= 0.6 is 0 Å². The topological polar surface area (TPSA) is 98.7 Å². The molecule has 2 atom stereocenters. The maximum atomic E-state index is 12.7. The van der Waals surface area contributed by atoms with E-state index in [-0.39, 0.29) is 23.1 Å². The van der Waals surface area contributed by atoms with Crippen molar-refractivity contribution in [2.45, 2.75) is 26.3 Å². The molecule has 1 aliphatic rings. The molecule has 1 amide bonds. The van der Waals surface area contributed by atoms with Gasteiger partial charge < -0.3 is 14.6 Å². The zero-order chi connectivity index (χ0) is 19.0. The first kappa shape index (κ1) is 17.4. The average molecular weight is 368 g/mol. The minimum absolute atomic E-state index is 0.0166. The van der Waals surface area contributed by atoms with Crippen molar-refractivity contribution >= 4 is 11.6 Å². The van der Waals surface area contributed by atoms with E-state index >= 15 is 0 Å². The fourth-order valence-electron chi connectivity index (χ4n) is 3.41. The Kier molecular flexibility index (Phi) is 4.49. The maximum Gasteiger partial charge on any atom is 0.270 e. The molecule has 1 saturated heterocycles. The number of hydrogen-bond donors (Lipinski definition) is 1. The first-order valence-corrected chi connectivity index (χ1v) is 8.81. The number of carbonyl (C=O) groups excluding carboxylic acids is 1. The second-order valence-corrected chi connectivity index (χ2v) is 6.85. The summed E-state index contributed by atoms with van der Waals surface area (Å²) in [6.45, 7) is 4.57. The molecule has 4 rings (SSSR count). The summed E-state index contributed by atoms with van der Waals surface area (Å²) in [6, 6.07) is 7.02. The first-order valence-electron chi connectivity index (χ1n) is 8.81. The second kappa shape index (κ2) is 6.96. The molecule has 8 nitrogen and oxygen atoms in total. The van der Waals surface area contributed by atoms with Gasteiger partial charge in [-0.1, -0.05) is 11.2 Å². The van der Waals surface area contributed by atoms with Gasteiger partial charge in [0.05, 0.1) is 24.9 Å². The van der Waals surface area contributed by atoms with Crippen molar-refractivity contribution in [3.63, 3.8) is 0 Å². The molecule has 8 heteroatoms. The summed E-state index contributed by atoms with van der Waals surface area (Å²) in [5.74, 6) is 0.365. The van der Waals surface area contributed by atoms with E-state index in [1.165, 1.54) is 10.6 Å². The van der Waals surface area contributed by atoms with Crippen LogP contribution in [0.4, 0.5) is 0 Å². The van der Waals surface area contributed by atoms with Crippen LogP contribution in [0.2, 0.25) is 0 Å². The highest BCUT2D eigenvalue weighted by atomic mass is 16.5. The number of aromatic nitrogens is 3.